The quantitative estimate of drug-likeness (QED) is 0.0651. The third-order valence-corrected chi connectivity index (χ3v) is 13.3. The Morgan fingerprint density at radius 3 is 1.35 bits per heavy atom. The van der Waals surface area contributed by atoms with E-state index >= 15 is 0 Å². The van der Waals surface area contributed by atoms with Crippen LogP contribution in [-0.4, -0.2) is 113 Å². The Morgan fingerprint density at radius 1 is 0.692 bits per heavy atom. The van der Waals surface area contributed by atoms with E-state index < -0.39 is 47.4 Å². The number of aromatic nitrogens is 2. The number of benzene rings is 2. The second-order valence-electron chi connectivity index (χ2n) is 16.0. The van der Waals surface area contributed by atoms with Crippen LogP contribution >= 0.6 is 76.7 Å². The monoisotopic (exact) mass is 1040 g/mol. The summed E-state index contributed by atoms with van der Waals surface area (Å²) >= 11 is 2.25. The number of carbonyl (C=O) groups excluding carboxylic acids is 1. The highest BCUT2D eigenvalue weighted by Gasteiger charge is 2.68. The SMILES string of the molecule is CN(C)[C@H](CN)Cc1ccc(O)cc1.CN(C)[C@H](CNC(=O)CC(c1cncs1)C1(C(F)(F)F)CC1)Cc1ccc(O)cc1.O=C(O)C[C@H](c1cncs1)C1(C(F)(F)F)CC1.S.S.S.S. The third-order valence-electron chi connectivity index (χ3n) is 11.5. The van der Waals surface area contributed by atoms with Gasteiger partial charge in [0, 0.05) is 65.6 Å². The standard InChI is InChI=1S/C21H26F3N3O2S.C11H18N2O.C10H10F3NO2S.4H2S/c1-27(2)15(9-14-3-5-16(28)6-4-14)11-26-19(29)10-17(18-12-25-13-30-18)20(7-8-20)21(22,23)24;1-13(2)10(8-12)7-9-3-5-11(14)6-4-9;11-10(12,13)9(1-2-9)6(3-8(15)16)7-4-14-5-17-7;;;;/h3-6,12-13,15,17,28H,7-11H2,1-2H3,(H,26,29);3-6,10,14H,7-8,12H2,1-2H3;4-6H,1-3H2,(H,15,16);4*1H2/t15-,17?;10-;6-;;;;/m001..../s1. The Balaban J connectivity index is 0.00000100. The van der Waals surface area contributed by atoms with Crippen molar-refractivity contribution in [3.05, 3.63) is 92.8 Å². The number of carboxylic acid groups (broad SMARTS) is 1. The summed E-state index contributed by atoms with van der Waals surface area (Å²) in [5, 5.41) is 30.1. The van der Waals surface area contributed by atoms with Gasteiger partial charge in [-0.3, -0.25) is 19.6 Å². The maximum atomic E-state index is 13.7. The van der Waals surface area contributed by atoms with Crippen LogP contribution in [0.25, 0.3) is 0 Å². The average molecular weight is 1040 g/mol. The molecule has 0 aliphatic heterocycles. The summed E-state index contributed by atoms with van der Waals surface area (Å²) in [6.45, 7) is 0.967. The molecule has 2 aliphatic rings. The van der Waals surface area contributed by atoms with E-state index in [0.717, 1.165) is 23.3 Å². The van der Waals surface area contributed by atoms with Gasteiger partial charge >= 0.3 is 18.3 Å². The summed E-state index contributed by atoms with van der Waals surface area (Å²) in [6.07, 6.45) is -4.94. The van der Waals surface area contributed by atoms with Crippen LogP contribution in [0.2, 0.25) is 0 Å². The second-order valence-corrected chi connectivity index (χ2v) is 17.9. The van der Waals surface area contributed by atoms with Crippen LogP contribution in [0, 0.1) is 10.8 Å². The van der Waals surface area contributed by atoms with Crippen LogP contribution in [0.5, 0.6) is 11.5 Å². The summed E-state index contributed by atoms with van der Waals surface area (Å²) in [4.78, 5) is 36.0. The normalized spacial score (nSPS) is 16.1. The molecule has 4 aromatic rings. The lowest BCUT2D eigenvalue weighted by Crippen LogP contribution is -2.42. The number of halogens is 6. The average Bonchev–Trinajstić information content (AvgIpc) is 4.06. The number of amides is 1. The molecule has 1 unspecified atom stereocenters. The highest BCUT2D eigenvalue weighted by Crippen LogP contribution is 2.67. The van der Waals surface area contributed by atoms with Crippen molar-refractivity contribution in [1.29, 1.82) is 0 Å². The molecule has 2 heterocycles. The number of likely N-dealkylation sites (N-methyl/N-ethyl adjacent to an activating group) is 2. The molecule has 2 saturated carbocycles. The fraction of sp³-hybridized carbons (Fsp3) is 0.524. The number of nitrogens with two attached hydrogens (primary N) is 1. The van der Waals surface area contributed by atoms with Crippen LogP contribution < -0.4 is 11.1 Å². The zero-order valence-electron chi connectivity index (χ0n) is 36.4. The number of thiazole rings is 2. The highest BCUT2D eigenvalue weighted by atomic mass is 32.1. The molecular weight excluding hydrogens is 975 g/mol. The zero-order chi connectivity index (χ0) is 45.2. The predicted molar refractivity (Wildman–Crippen MR) is 264 cm³/mol. The largest absolute Gasteiger partial charge is 0.508 e. The number of nitrogens with one attached hydrogen (secondary N) is 1. The number of hydrogen-bond donors (Lipinski definition) is 5. The minimum atomic E-state index is -4.35. The highest BCUT2D eigenvalue weighted by molar-refractivity contribution is 7.59. The van der Waals surface area contributed by atoms with E-state index in [0.29, 0.717) is 41.1 Å². The van der Waals surface area contributed by atoms with Gasteiger partial charge in [0.2, 0.25) is 5.91 Å². The van der Waals surface area contributed by atoms with E-state index in [1.54, 1.807) is 24.3 Å². The molecule has 6 N–H and O–H groups in total. The van der Waals surface area contributed by atoms with Gasteiger partial charge in [0.1, 0.15) is 11.5 Å². The molecule has 4 atom stereocenters. The van der Waals surface area contributed by atoms with Crippen molar-refractivity contribution >= 4 is 88.5 Å². The van der Waals surface area contributed by atoms with Gasteiger partial charge in [0.25, 0.3) is 0 Å². The van der Waals surface area contributed by atoms with Gasteiger partial charge in [-0.2, -0.15) is 80.3 Å². The number of aromatic hydroxyl groups is 2. The Morgan fingerprint density at radius 2 is 1.06 bits per heavy atom. The van der Waals surface area contributed by atoms with Gasteiger partial charge in [0.05, 0.1) is 28.3 Å². The lowest BCUT2D eigenvalue weighted by atomic mass is 9.84. The van der Waals surface area contributed by atoms with Gasteiger partial charge in [-0.25, -0.2) is 0 Å². The summed E-state index contributed by atoms with van der Waals surface area (Å²) in [5.41, 5.74) is 7.13. The summed E-state index contributed by atoms with van der Waals surface area (Å²) in [6, 6.07) is 14.4. The van der Waals surface area contributed by atoms with Crippen molar-refractivity contribution in [3.63, 3.8) is 0 Å². The number of carboxylic acids is 1. The molecule has 0 radical (unpaired) electrons. The maximum Gasteiger partial charge on any atom is 0.395 e. The smallest absolute Gasteiger partial charge is 0.395 e. The van der Waals surface area contributed by atoms with E-state index in [-0.39, 0.29) is 104 Å². The van der Waals surface area contributed by atoms with Crippen molar-refractivity contribution in [2.75, 3.05) is 41.3 Å². The Labute approximate surface area is 412 Å². The lowest BCUT2D eigenvalue weighted by molar-refractivity contribution is -0.195. The molecule has 0 spiro atoms. The number of nitrogens with zero attached hydrogens (tertiary/aromatic N) is 4. The van der Waals surface area contributed by atoms with Gasteiger partial charge in [-0.05, 0) is 102 Å². The molecule has 2 aromatic heterocycles. The van der Waals surface area contributed by atoms with Crippen LogP contribution in [0.1, 0.15) is 71.2 Å². The van der Waals surface area contributed by atoms with E-state index in [2.05, 4.69) is 20.2 Å². The zero-order valence-corrected chi connectivity index (χ0v) is 42.1. The first-order valence-corrected chi connectivity index (χ1v) is 21.4. The molecule has 11 nitrogen and oxygen atoms in total. The molecule has 0 bridgehead atoms. The molecule has 368 valence electrons. The lowest BCUT2D eigenvalue weighted by Gasteiger charge is -2.29. The van der Waals surface area contributed by atoms with Gasteiger partial charge < -0.3 is 36.2 Å². The molecule has 1 amide bonds. The number of phenols is 2. The number of aliphatic carboxylic acids is 1. The minimum Gasteiger partial charge on any atom is -0.508 e. The Kier molecular flexibility index (Phi) is 26.0. The Bertz CT molecular complexity index is 1950. The van der Waals surface area contributed by atoms with Crippen molar-refractivity contribution in [2.24, 2.45) is 16.6 Å². The third kappa shape index (κ3) is 17.6. The fourth-order valence-electron chi connectivity index (χ4n) is 7.25. The molecule has 2 fully saturated rings. The van der Waals surface area contributed by atoms with Crippen molar-refractivity contribution < 1.29 is 51.3 Å². The first-order valence-electron chi connectivity index (χ1n) is 19.6. The molecule has 2 aromatic carbocycles. The number of alkyl halides is 6. The van der Waals surface area contributed by atoms with Crippen LogP contribution in [0.3, 0.4) is 0 Å². The number of carbonyl (C=O) groups is 2. The molecule has 0 saturated heterocycles. The molecule has 2 aliphatic carbocycles. The van der Waals surface area contributed by atoms with Gasteiger partial charge in [-0.1, -0.05) is 24.3 Å². The van der Waals surface area contributed by atoms with Crippen molar-refractivity contribution in [3.8, 4) is 11.5 Å². The van der Waals surface area contributed by atoms with Crippen LogP contribution in [0.15, 0.2) is 71.9 Å². The van der Waals surface area contributed by atoms with Crippen molar-refractivity contribution in [1.82, 2.24) is 25.1 Å². The first-order chi connectivity index (χ1) is 28.6. The summed E-state index contributed by atoms with van der Waals surface area (Å²) < 4.78 is 80.1. The number of rotatable bonds is 17. The van der Waals surface area contributed by atoms with E-state index in [1.165, 1.54) is 40.3 Å². The molecular formula is C42H62F6N6O5S6. The van der Waals surface area contributed by atoms with Crippen LogP contribution in [-0.2, 0) is 22.4 Å². The van der Waals surface area contributed by atoms with Crippen molar-refractivity contribution in [2.45, 2.75) is 87.6 Å². The first kappa shape index (κ1) is 62.1. The summed E-state index contributed by atoms with van der Waals surface area (Å²) in [7, 11) is 7.83. The topological polar surface area (TPSA) is 165 Å². The maximum absolute atomic E-state index is 13.7. The predicted octanol–water partition coefficient (Wildman–Crippen LogP) is 8.27. The second kappa shape index (κ2) is 27.2. The molecule has 6 rings (SSSR count). The van der Waals surface area contributed by atoms with E-state index in [4.69, 9.17) is 15.9 Å². The Hall–Kier alpha value is -2.90. The van der Waals surface area contributed by atoms with E-state index in [1.807, 2.05) is 57.4 Å². The van der Waals surface area contributed by atoms with Crippen LogP contribution in [0.4, 0.5) is 26.3 Å². The van der Waals surface area contributed by atoms with Gasteiger partial charge in [-0.15, -0.1) is 22.7 Å². The number of phenolic OH excluding ortho intramolecular Hbond substituents is 2. The van der Waals surface area contributed by atoms with Gasteiger partial charge in [0.15, 0.2) is 0 Å². The van der Waals surface area contributed by atoms with E-state index in [9.17, 15) is 41.0 Å². The molecule has 23 heteroatoms. The summed E-state index contributed by atoms with van der Waals surface area (Å²) in [5.74, 6) is -3.02. The fourth-order valence-corrected chi connectivity index (χ4v) is 8.92. The molecule has 65 heavy (non-hydrogen) atoms. The minimum absolute atomic E-state index is 0. The number of hydrogen-bond acceptors (Lipinski definition) is 11.